The third kappa shape index (κ3) is 2.98. The van der Waals surface area contributed by atoms with Crippen molar-refractivity contribution in [3.63, 3.8) is 0 Å². The molecule has 0 amide bonds. The van der Waals surface area contributed by atoms with Crippen LogP contribution in [0.2, 0.25) is 0 Å². The SMILES string of the molecule is CC1CC(C)CC(Nc2c(F)cc(F)cc2F)C1. The molecular formula is C14H18F3N. The molecule has 0 radical (unpaired) electrons. The van der Waals surface area contributed by atoms with Gasteiger partial charge in [0, 0.05) is 18.2 Å². The summed E-state index contributed by atoms with van der Waals surface area (Å²) in [6.07, 6.45) is 2.92. The molecular weight excluding hydrogens is 239 g/mol. The number of nitrogens with one attached hydrogen (secondary N) is 1. The first-order chi connectivity index (χ1) is 8.45. The zero-order valence-electron chi connectivity index (χ0n) is 10.6. The molecule has 0 bridgehead atoms. The van der Waals surface area contributed by atoms with Crippen LogP contribution in [-0.2, 0) is 0 Å². The number of rotatable bonds is 2. The smallest absolute Gasteiger partial charge is 0.152 e. The molecule has 0 spiro atoms. The maximum atomic E-state index is 13.5. The summed E-state index contributed by atoms with van der Waals surface area (Å²) in [5, 5.41) is 2.89. The van der Waals surface area contributed by atoms with Crippen LogP contribution < -0.4 is 5.32 Å². The van der Waals surface area contributed by atoms with E-state index < -0.39 is 17.5 Å². The van der Waals surface area contributed by atoms with E-state index in [4.69, 9.17) is 0 Å². The van der Waals surface area contributed by atoms with Gasteiger partial charge in [0.2, 0.25) is 0 Å². The third-order valence-electron chi connectivity index (χ3n) is 3.53. The Morgan fingerprint density at radius 3 is 1.94 bits per heavy atom. The van der Waals surface area contributed by atoms with Crippen molar-refractivity contribution in [3.05, 3.63) is 29.6 Å². The average Bonchev–Trinajstić information content (AvgIpc) is 2.22. The molecule has 1 aromatic rings. The second-order valence-corrected chi connectivity index (χ2v) is 5.50. The molecule has 1 saturated carbocycles. The van der Waals surface area contributed by atoms with Crippen molar-refractivity contribution >= 4 is 5.69 Å². The molecule has 18 heavy (non-hydrogen) atoms. The first kappa shape index (κ1) is 13.2. The molecule has 0 aliphatic heterocycles. The van der Waals surface area contributed by atoms with E-state index >= 15 is 0 Å². The maximum absolute atomic E-state index is 13.5. The minimum atomic E-state index is -0.888. The van der Waals surface area contributed by atoms with Crippen LogP contribution in [-0.4, -0.2) is 6.04 Å². The van der Waals surface area contributed by atoms with Gasteiger partial charge in [0.1, 0.15) is 11.5 Å². The zero-order valence-corrected chi connectivity index (χ0v) is 10.6. The van der Waals surface area contributed by atoms with E-state index in [1.165, 1.54) is 0 Å². The predicted octanol–water partition coefficient (Wildman–Crippen LogP) is 4.34. The Morgan fingerprint density at radius 2 is 1.44 bits per heavy atom. The van der Waals surface area contributed by atoms with Gasteiger partial charge >= 0.3 is 0 Å². The fourth-order valence-corrected chi connectivity index (χ4v) is 2.95. The Balaban J connectivity index is 2.14. The number of anilines is 1. The van der Waals surface area contributed by atoms with Crippen molar-refractivity contribution in [2.24, 2.45) is 11.8 Å². The first-order valence-electron chi connectivity index (χ1n) is 6.36. The third-order valence-corrected chi connectivity index (χ3v) is 3.53. The summed E-state index contributed by atoms with van der Waals surface area (Å²) >= 11 is 0. The van der Waals surface area contributed by atoms with Crippen LogP contribution in [0.15, 0.2) is 12.1 Å². The van der Waals surface area contributed by atoms with Gasteiger partial charge in [-0.05, 0) is 31.1 Å². The highest BCUT2D eigenvalue weighted by atomic mass is 19.1. The van der Waals surface area contributed by atoms with Crippen LogP contribution >= 0.6 is 0 Å². The molecule has 4 heteroatoms. The van der Waals surface area contributed by atoms with Crippen molar-refractivity contribution in [2.75, 3.05) is 5.32 Å². The van der Waals surface area contributed by atoms with Crippen molar-refractivity contribution in [1.29, 1.82) is 0 Å². The largest absolute Gasteiger partial charge is 0.378 e. The van der Waals surface area contributed by atoms with E-state index in [9.17, 15) is 13.2 Å². The summed E-state index contributed by atoms with van der Waals surface area (Å²) in [6.45, 7) is 4.28. The molecule has 1 nitrogen and oxygen atoms in total. The Morgan fingerprint density at radius 1 is 0.944 bits per heavy atom. The summed E-state index contributed by atoms with van der Waals surface area (Å²) in [5.74, 6) is -1.53. The molecule has 0 heterocycles. The van der Waals surface area contributed by atoms with Crippen LogP contribution in [0.3, 0.4) is 0 Å². The highest BCUT2D eigenvalue weighted by molar-refractivity contribution is 5.47. The van der Waals surface area contributed by atoms with Crippen molar-refractivity contribution in [2.45, 2.75) is 39.2 Å². The standard InChI is InChI=1S/C14H18F3N/c1-8-3-9(2)5-11(4-8)18-14-12(16)6-10(15)7-13(14)17/h6-9,11,18H,3-5H2,1-2H3. The molecule has 1 N–H and O–H groups in total. The fraction of sp³-hybridized carbons (Fsp3) is 0.571. The lowest BCUT2D eigenvalue weighted by Crippen LogP contribution is -2.30. The molecule has 2 rings (SSSR count). The Hall–Kier alpha value is -1.19. The van der Waals surface area contributed by atoms with Crippen LogP contribution in [0.1, 0.15) is 33.1 Å². The Kier molecular flexibility index (Phi) is 3.83. The van der Waals surface area contributed by atoms with Crippen LogP contribution in [0, 0.1) is 29.3 Å². The average molecular weight is 257 g/mol. The Bertz CT molecular complexity index is 400. The van der Waals surface area contributed by atoms with Crippen molar-refractivity contribution in [3.8, 4) is 0 Å². The zero-order chi connectivity index (χ0) is 13.3. The fourth-order valence-electron chi connectivity index (χ4n) is 2.95. The van der Waals surface area contributed by atoms with Crippen LogP contribution in [0.4, 0.5) is 18.9 Å². The van der Waals surface area contributed by atoms with Gasteiger partial charge in [-0.2, -0.15) is 0 Å². The number of halogens is 3. The molecule has 100 valence electrons. The second-order valence-electron chi connectivity index (χ2n) is 5.50. The lowest BCUT2D eigenvalue weighted by molar-refractivity contribution is 0.280. The van der Waals surface area contributed by atoms with E-state index in [1.807, 2.05) is 0 Å². The predicted molar refractivity (Wildman–Crippen MR) is 65.9 cm³/mol. The van der Waals surface area contributed by atoms with E-state index in [0.29, 0.717) is 24.0 Å². The van der Waals surface area contributed by atoms with Crippen molar-refractivity contribution < 1.29 is 13.2 Å². The molecule has 2 unspecified atom stereocenters. The van der Waals surface area contributed by atoms with Gasteiger partial charge in [0.25, 0.3) is 0 Å². The summed E-state index contributed by atoms with van der Waals surface area (Å²) in [5.41, 5.74) is -0.206. The summed E-state index contributed by atoms with van der Waals surface area (Å²) < 4.78 is 39.8. The normalized spacial score (nSPS) is 28.2. The second kappa shape index (κ2) is 5.21. The minimum Gasteiger partial charge on any atom is -0.378 e. The Labute approximate surface area is 105 Å². The quantitative estimate of drug-likeness (QED) is 0.831. The molecule has 1 aliphatic carbocycles. The van der Waals surface area contributed by atoms with Gasteiger partial charge in [-0.15, -0.1) is 0 Å². The maximum Gasteiger partial charge on any atom is 0.152 e. The van der Waals surface area contributed by atoms with Gasteiger partial charge in [0.05, 0.1) is 0 Å². The first-order valence-corrected chi connectivity index (χ1v) is 6.36. The lowest BCUT2D eigenvalue weighted by Gasteiger charge is -2.32. The van der Waals surface area contributed by atoms with E-state index in [1.54, 1.807) is 0 Å². The number of benzene rings is 1. The molecule has 1 aliphatic rings. The minimum absolute atomic E-state index is 0.0539. The summed E-state index contributed by atoms with van der Waals surface area (Å²) in [7, 11) is 0. The monoisotopic (exact) mass is 257 g/mol. The van der Waals surface area contributed by atoms with Gasteiger partial charge in [-0.3, -0.25) is 0 Å². The number of hydrogen-bond donors (Lipinski definition) is 1. The molecule has 2 atom stereocenters. The van der Waals surface area contributed by atoms with Crippen LogP contribution in [0.5, 0.6) is 0 Å². The summed E-state index contributed by atoms with van der Waals surface area (Å²) in [6, 6.07) is 1.47. The van der Waals surface area contributed by atoms with Gasteiger partial charge in [0.15, 0.2) is 11.6 Å². The van der Waals surface area contributed by atoms with E-state index in [2.05, 4.69) is 19.2 Å². The van der Waals surface area contributed by atoms with Gasteiger partial charge in [-0.25, -0.2) is 13.2 Å². The van der Waals surface area contributed by atoms with E-state index in [0.717, 1.165) is 19.3 Å². The van der Waals surface area contributed by atoms with Crippen molar-refractivity contribution in [1.82, 2.24) is 0 Å². The topological polar surface area (TPSA) is 12.0 Å². The lowest BCUT2D eigenvalue weighted by atomic mass is 9.80. The molecule has 0 saturated heterocycles. The summed E-state index contributed by atoms with van der Waals surface area (Å²) in [4.78, 5) is 0. The van der Waals surface area contributed by atoms with Crippen LogP contribution in [0.25, 0.3) is 0 Å². The molecule has 1 aromatic carbocycles. The van der Waals surface area contributed by atoms with Gasteiger partial charge in [-0.1, -0.05) is 13.8 Å². The highest BCUT2D eigenvalue weighted by Crippen LogP contribution is 2.31. The molecule has 0 aromatic heterocycles. The number of hydrogen-bond acceptors (Lipinski definition) is 1. The highest BCUT2D eigenvalue weighted by Gasteiger charge is 2.25. The van der Waals surface area contributed by atoms with E-state index in [-0.39, 0.29) is 11.7 Å². The molecule has 1 fully saturated rings. The van der Waals surface area contributed by atoms with Gasteiger partial charge < -0.3 is 5.32 Å².